The Bertz CT molecular complexity index is 328. The molecule has 70 valence electrons. The van der Waals surface area contributed by atoms with Crippen molar-refractivity contribution in [1.29, 1.82) is 0 Å². The zero-order valence-electron chi connectivity index (χ0n) is 7.08. The van der Waals surface area contributed by atoms with Gasteiger partial charge in [0, 0.05) is 12.6 Å². The van der Waals surface area contributed by atoms with Crippen LogP contribution >= 0.6 is 0 Å². The van der Waals surface area contributed by atoms with Crippen molar-refractivity contribution in [2.45, 2.75) is 6.54 Å². The van der Waals surface area contributed by atoms with Gasteiger partial charge in [0.2, 0.25) is 0 Å². The summed E-state index contributed by atoms with van der Waals surface area (Å²) in [5.41, 5.74) is 5.50. The Morgan fingerprint density at radius 3 is 2.92 bits per heavy atom. The van der Waals surface area contributed by atoms with Crippen molar-refractivity contribution in [2.75, 3.05) is 7.11 Å². The predicted octanol–water partition coefficient (Wildman–Crippen LogP) is 0.466. The van der Waals surface area contributed by atoms with Gasteiger partial charge < -0.3 is 10.5 Å². The molecule has 0 aliphatic heterocycles. The first kappa shape index (κ1) is 9.60. The summed E-state index contributed by atoms with van der Waals surface area (Å²) in [6.07, 6.45) is 0. The minimum absolute atomic E-state index is 0.0667. The molecule has 0 atom stereocenters. The molecule has 1 rings (SSSR count). The lowest BCUT2D eigenvalue weighted by Gasteiger charge is -2.01. The van der Waals surface area contributed by atoms with Gasteiger partial charge in [0.15, 0.2) is 5.69 Å². The fourth-order valence-corrected chi connectivity index (χ4v) is 0.864. The molecule has 2 N–H and O–H groups in total. The van der Waals surface area contributed by atoms with E-state index in [1.807, 2.05) is 0 Å². The molecule has 1 aromatic rings. The largest absolute Gasteiger partial charge is 0.464 e. The van der Waals surface area contributed by atoms with Crippen molar-refractivity contribution in [2.24, 2.45) is 5.73 Å². The van der Waals surface area contributed by atoms with E-state index in [0.29, 0.717) is 5.69 Å². The van der Waals surface area contributed by atoms with E-state index >= 15 is 0 Å². The van der Waals surface area contributed by atoms with E-state index in [4.69, 9.17) is 5.73 Å². The van der Waals surface area contributed by atoms with Gasteiger partial charge >= 0.3 is 5.97 Å². The summed E-state index contributed by atoms with van der Waals surface area (Å²) in [6, 6.07) is 2.18. The molecule has 13 heavy (non-hydrogen) atoms. The zero-order valence-corrected chi connectivity index (χ0v) is 7.08. The highest BCUT2D eigenvalue weighted by Gasteiger charge is 2.09. The molecule has 0 amide bonds. The quantitative estimate of drug-likeness (QED) is 0.678. The second kappa shape index (κ2) is 3.95. The number of nitrogens with two attached hydrogens (primary N) is 1. The van der Waals surface area contributed by atoms with Crippen LogP contribution in [0.25, 0.3) is 0 Å². The van der Waals surface area contributed by atoms with Gasteiger partial charge in [0.05, 0.1) is 12.8 Å². The summed E-state index contributed by atoms with van der Waals surface area (Å²) >= 11 is 0. The van der Waals surface area contributed by atoms with Crippen LogP contribution < -0.4 is 5.73 Å². The van der Waals surface area contributed by atoms with Crippen LogP contribution in [-0.4, -0.2) is 18.1 Å². The number of carbonyl (C=O) groups excluding carboxylic acids is 1. The number of halogens is 1. The smallest absolute Gasteiger partial charge is 0.356 e. The molecule has 1 heterocycles. The van der Waals surface area contributed by atoms with Crippen molar-refractivity contribution in [1.82, 2.24) is 4.98 Å². The molecule has 0 fully saturated rings. The van der Waals surface area contributed by atoms with Crippen LogP contribution in [0.3, 0.4) is 0 Å². The van der Waals surface area contributed by atoms with Crippen LogP contribution in [0.4, 0.5) is 4.39 Å². The maximum atomic E-state index is 12.8. The fraction of sp³-hybridized carbons (Fsp3) is 0.250. The highest BCUT2D eigenvalue weighted by molar-refractivity contribution is 5.87. The number of esters is 1. The molecule has 0 spiro atoms. The third kappa shape index (κ3) is 2.22. The number of hydrogen-bond acceptors (Lipinski definition) is 4. The molecule has 5 heteroatoms. The van der Waals surface area contributed by atoms with Gasteiger partial charge in [-0.05, 0) is 6.07 Å². The van der Waals surface area contributed by atoms with Crippen molar-refractivity contribution < 1.29 is 13.9 Å². The maximum absolute atomic E-state index is 12.8. The molecule has 0 aliphatic carbocycles. The molecular formula is C8H9FN2O2. The standard InChI is InChI=1S/C8H9FN2O2/c1-13-8(12)7-3-5(9)2-6(4-10)11-7/h2-3H,4,10H2,1H3. The number of ether oxygens (including phenoxy) is 1. The van der Waals surface area contributed by atoms with Crippen molar-refractivity contribution in [3.05, 3.63) is 29.3 Å². The third-order valence-electron chi connectivity index (χ3n) is 1.45. The van der Waals surface area contributed by atoms with Crippen molar-refractivity contribution in [3.8, 4) is 0 Å². The lowest BCUT2D eigenvalue weighted by Crippen LogP contribution is -2.09. The minimum atomic E-state index is -0.672. The monoisotopic (exact) mass is 184 g/mol. The summed E-state index contributed by atoms with van der Waals surface area (Å²) in [5, 5.41) is 0. The molecule has 4 nitrogen and oxygen atoms in total. The average Bonchev–Trinajstić information content (AvgIpc) is 2.15. The Labute approximate surface area is 74.5 Å². The molecule has 0 aliphatic rings. The van der Waals surface area contributed by atoms with Crippen LogP contribution in [0, 0.1) is 5.82 Å². The van der Waals surface area contributed by atoms with Crippen LogP contribution in [0.15, 0.2) is 12.1 Å². The summed E-state index contributed by atoms with van der Waals surface area (Å²) in [7, 11) is 1.21. The lowest BCUT2D eigenvalue weighted by molar-refractivity contribution is 0.0593. The molecule has 0 radical (unpaired) electrons. The van der Waals surface area contributed by atoms with Gasteiger partial charge in [-0.1, -0.05) is 0 Å². The van der Waals surface area contributed by atoms with Crippen LogP contribution in [0.2, 0.25) is 0 Å². The predicted molar refractivity (Wildman–Crippen MR) is 43.4 cm³/mol. The van der Waals surface area contributed by atoms with E-state index in [2.05, 4.69) is 9.72 Å². The highest BCUT2D eigenvalue weighted by Crippen LogP contribution is 2.05. The van der Waals surface area contributed by atoms with Gasteiger partial charge in [0.25, 0.3) is 0 Å². The number of methoxy groups -OCH3 is 1. The maximum Gasteiger partial charge on any atom is 0.356 e. The zero-order chi connectivity index (χ0) is 9.84. The fourth-order valence-electron chi connectivity index (χ4n) is 0.864. The van der Waals surface area contributed by atoms with Crippen molar-refractivity contribution >= 4 is 5.97 Å². The van der Waals surface area contributed by atoms with Crippen LogP contribution in [0.1, 0.15) is 16.2 Å². The Morgan fingerprint density at radius 1 is 1.69 bits per heavy atom. The highest BCUT2D eigenvalue weighted by atomic mass is 19.1. The molecule has 0 saturated carbocycles. The Morgan fingerprint density at radius 2 is 2.38 bits per heavy atom. The number of carbonyl (C=O) groups is 1. The summed E-state index contributed by atoms with van der Waals surface area (Å²) in [4.78, 5) is 14.7. The second-order valence-electron chi connectivity index (χ2n) is 2.36. The Balaban J connectivity index is 3.08. The second-order valence-corrected chi connectivity index (χ2v) is 2.36. The number of hydrogen-bond donors (Lipinski definition) is 1. The van der Waals surface area contributed by atoms with E-state index in [1.165, 1.54) is 13.2 Å². The summed E-state index contributed by atoms with van der Waals surface area (Å²) in [5.74, 6) is -1.22. The van der Waals surface area contributed by atoms with E-state index in [0.717, 1.165) is 6.07 Å². The van der Waals surface area contributed by atoms with E-state index in [9.17, 15) is 9.18 Å². The first-order valence-corrected chi connectivity index (χ1v) is 3.62. The summed E-state index contributed by atoms with van der Waals surface area (Å²) < 4.78 is 17.2. The third-order valence-corrected chi connectivity index (χ3v) is 1.45. The number of rotatable bonds is 2. The number of aromatic nitrogens is 1. The van der Waals surface area contributed by atoms with E-state index < -0.39 is 11.8 Å². The lowest BCUT2D eigenvalue weighted by atomic mass is 10.3. The molecular weight excluding hydrogens is 175 g/mol. The Kier molecular flexibility index (Phi) is 2.92. The van der Waals surface area contributed by atoms with Crippen molar-refractivity contribution in [3.63, 3.8) is 0 Å². The molecule has 0 bridgehead atoms. The first-order chi connectivity index (χ1) is 6.17. The number of pyridine rings is 1. The van der Waals surface area contributed by atoms with Gasteiger partial charge in [-0.3, -0.25) is 0 Å². The van der Waals surface area contributed by atoms with Crippen LogP contribution in [-0.2, 0) is 11.3 Å². The average molecular weight is 184 g/mol. The first-order valence-electron chi connectivity index (χ1n) is 3.62. The van der Waals surface area contributed by atoms with Gasteiger partial charge in [-0.25, -0.2) is 14.2 Å². The molecule has 1 aromatic heterocycles. The SMILES string of the molecule is COC(=O)c1cc(F)cc(CN)n1. The normalized spacial score (nSPS) is 9.77. The topological polar surface area (TPSA) is 65.2 Å². The molecule has 0 saturated heterocycles. The van der Waals surface area contributed by atoms with Gasteiger partial charge in [-0.15, -0.1) is 0 Å². The molecule has 0 aromatic carbocycles. The van der Waals surface area contributed by atoms with E-state index in [-0.39, 0.29) is 12.2 Å². The van der Waals surface area contributed by atoms with Crippen LogP contribution in [0.5, 0.6) is 0 Å². The van der Waals surface area contributed by atoms with E-state index in [1.54, 1.807) is 0 Å². The number of nitrogens with zero attached hydrogens (tertiary/aromatic N) is 1. The van der Waals surface area contributed by atoms with Gasteiger partial charge in [0.1, 0.15) is 5.82 Å². The Hall–Kier alpha value is -1.49. The minimum Gasteiger partial charge on any atom is -0.464 e. The molecule has 0 unspecified atom stereocenters. The van der Waals surface area contributed by atoms with Gasteiger partial charge in [-0.2, -0.15) is 0 Å². The summed E-state index contributed by atoms with van der Waals surface area (Å²) in [6.45, 7) is 0.0851.